The summed E-state index contributed by atoms with van der Waals surface area (Å²) in [5.41, 5.74) is -1.75. The van der Waals surface area contributed by atoms with Gasteiger partial charge in [0.2, 0.25) is 5.78 Å². The third-order valence-electron chi connectivity index (χ3n) is 12.3. The number of Topliss-reactive ketones (excluding diaryl/α,β-unsaturated/α-hetero) is 1. The van der Waals surface area contributed by atoms with Crippen LogP contribution in [-0.2, 0) is 0 Å². The molecule has 3 fully saturated rings. The Morgan fingerprint density at radius 1 is 1.10 bits per heavy atom. The minimum Gasteiger partial charge on any atom is -0.461 e. The lowest BCUT2D eigenvalue weighted by molar-refractivity contribution is -0.174. The molecule has 0 radical (unpaired) electrons. The Kier molecular flexibility index (Phi) is 6.70. The highest BCUT2D eigenvalue weighted by Gasteiger charge is 2.74. The van der Waals surface area contributed by atoms with Crippen LogP contribution in [0.5, 0.6) is 0 Å². The van der Waals surface area contributed by atoms with Crippen LogP contribution in [0.2, 0.25) is 0 Å². The summed E-state index contributed by atoms with van der Waals surface area (Å²) in [6, 6.07) is 3.39. The third-order valence-corrected chi connectivity index (χ3v) is 12.3. The lowest BCUT2D eigenvalue weighted by Gasteiger charge is -2.71. The number of furan rings is 1. The standard InChI is InChI=1S/C34H48N2O5/c1-6-17-36(29(39)35-22(2)3)21-33(40)14-11-27-31(33,5)13-10-26-30(4)12-9-23(37)19-32(30)15-16-34(26,27)24(20-32)28(38)25-8-7-18-41-25/h7-8,15-16,18,20,22-23,26-27,37,40H,6,9-14,17,19,21H2,1-5H3,(H,35,39). The van der Waals surface area contributed by atoms with Crippen LogP contribution < -0.4 is 5.32 Å². The van der Waals surface area contributed by atoms with Crippen LogP contribution in [0, 0.1) is 33.5 Å². The highest BCUT2D eigenvalue weighted by Crippen LogP contribution is 2.78. The van der Waals surface area contributed by atoms with E-state index in [-0.39, 0.29) is 53.2 Å². The van der Waals surface area contributed by atoms with Crippen molar-refractivity contribution in [2.75, 3.05) is 13.1 Å². The number of rotatable bonds is 7. The average Bonchev–Trinajstić information content (AvgIpc) is 3.54. The fraction of sp³-hybridized carbons (Fsp3) is 0.706. The van der Waals surface area contributed by atoms with Crippen LogP contribution in [0.25, 0.3) is 0 Å². The van der Waals surface area contributed by atoms with E-state index in [2.05, 4.69) is 44.3 Å². The second-order valence-electron chi connectivity index (χ2n) is 14.6. The van der Waals surface area contributed by atoms with Crippen LogP contribution in [0.1, 0.15) is 96.5 Å². The molecule has 6 aliphatic carbocycles. The SMILES string of the molecule is CCCN(CC1(O)CCC2C34C=CC5(C=C3C(=O)c3ccco3)CC(O)CCC5(C)C4CCC21C)C(=O)NC(C)C. The molecule has 3 saturated carbocycles. The number of nitrogens with zero attached hydrogens (tertiary/aromatic N) is 1. The van der Waals surface area contributed by atoms with E-state index in [1.54, 1.807) is 23.3 Å². The Labute approximate surface area is 244 Å². The van der Waals surface area contributed by atoms with E-state index < -0.39 is 16.4 Å². The Morgan fingerprint density at radius 3 is 2.49 bits per heavy atom. The quantitative estimate of drug-likeness (QED) is 0.283. The maximum absolute atomic E-state index is 14.3. The Balaban J connectivity index is 1.44. The van der Waals surface area contributed by atoms with E-state index in [9.17, 15) is 19.8 Å². The number of urea groups is 1. The van der Waals surface area contributed by atoms with E-state index in [0.29, 0.717) is 25.1 Å². The van der Waals surface area contributed by atoms with Crippen LogP contribution >= 0.6 is 0 Å². The lowest BCUT2D eigenvalue weighted by atomic mass is 9.32. The van der Waals surface area contributed by atoms with Gasteiger partial charge in [-0.25, -0.2) is 4.79 Å². The predicted octanol–water partition coefficient (Wildman–Crippen LogP) is 5.88. The summed E-state index contributed by atoms with van der Waals surface area (Å²) in [5, 5.41) is 26.4. The van der Waals surface area contributed by atoms with Gasteiger partial charge in [0, 0.05) is 34.4 Å². The molecule has 2 spiro atoms. The van der Waals surface area contributed by atoms with E-state index >= 15 is 0 Å². The molecule has 8 unspecified atom stereocenters. The molecule has 1 heterocycles. The lowest BCUT2D eigenvalue weighted by Crippen LogP contribution is -2.67. The van der Waals surface area contributed by atoms with E-state index in [4.69, 9.17) is 4.42 Å². The van der Waals surface area contributed by atoms with Gasteiger partial charge in [0.05, 0.1) is 24.5 Å². The molecule has 3 N–H and O–H groups in total. The summed E-state index contributed by atoms with van der Waals surface area (Å²) in [6.45, 7) is 11.4. The minimum absolute atomic E-state index is 0.0164. The number of carbonyl (C=O) groups excluding carboxylic acids is 2. The van der Waals surface area contributed by atoms with Gasteiger partial charge in [-0.1, -0.05) is 39.0 Å². The minimum atomic E-state index is -1.07. The van der Waals surface area contributed by atoms with Gasteiger partial charge in [-0.3, -0.25) is 4.79 Å². The molecule has 0 aliphatic heterocycles. The Hall–Kier alpha value is -2.38. The monoisotopic (exact) mass is 564 g/mol. The summed E-state index contributed by atoms with van der Waals surface area (Å²) in [7, 11) is 0. The number of hydrogen-bond acceptors (Lipinski definition) is 5. The number of aliphatic hydroxyl groups excluding tert-OH is 1. The summed E-state index contributed by atoms with van der Waals surface area (Å²) < 4.78 is 5.66. The molecule has 41 heavy (non-hydrogen) atoms. The number of hydrogen-bond donors (Lipinski definition) is 3. The molecule has 1 aromatic rings. The zero-order chi connectivity index (χ0) is 29.4. The normalized spacial score (nSPS) is 42.3. The fourth-order valence-electron chi connectivity index (χ4n) is 10.3. The topological polar surface area (TPSA) is 103 Å². The van der Waals surface area contributed by atoms with Crippen LogP contribution in [0.3, 0.4) is 0 Å². The zero-order valence-electron chi connectivity index (χ0n) is 25.4. The predicted molar refractivity (Wildman–Crippen MR) is 157 cm³/mol. The first-order valence-electron chi connectivity index (χ1n) is 15.8. The molecule has 7 rings (SSSR count). The molecule has 2 bridgehead atoms. The first-order valence-corrected chi connectivity index (χ1v) is 15.8. The van der Waals surface area contributed by atoms with Gasteiger partial charge in [-0.05, 0) is 94.6 Å². The molecule has 7 nitrogen and oxygen atoms in total. The van der Waals surface area contributed by atoms with Gasteiger partial charge in [0.15, 0.2) is 5.76 Å². The molecule has 0 aromatic carbocycles. The largest absolute Gasteiger partial charge is 0.461 e. The second-order valence-corrected chi connectivity index (χ2v) is 14.6. The number of amides is 2. The molecule has 2 amide bonds. The fourth-order valence-corrected chi connectivity index (χ4v) is 10.3. The zero-order valence-corrected chi connectivity index (χ0v) is 25.4. The number of fused-ring (bicyclic) bond motifs is 1. The van der Waals surface area contributed by atoms with E-state index in [1.165, 1.54) is 0 Å². The van der Waals surface area contributed by atoms with Crippen LogP contribution in [0.15, 0.2) is 46.6 Å². The number of allylic oxidation sites excluding steroid dienone is 4. The van der Waals surface area contributed by atoms with Crippen LogP contribution in [-0.4, -0.2) is 57.8 Å². The highest BCUT2D eigenvalue weighted by molar-refractivity contribution is 6.08. The molecular formula is C34H48N2O5. The van der Waals surface area contributed by atoms with Crippen molar-refractivity contribution in [1.82, 2.24) is 10.2 Å². The third kappa shape index (κ3) is 3.83. The molecule has 7 heteroatoms. The highest BCUT2D eigenvalue weighted by atomic mass is 16.3. The molecule has 1 aromatic heterocycles. The van der Waals surface area contributed by atoms with Gasteiger partial charge in [-0.2, -0.15) is 0 Å². The molecule has 224 valence electrons. The van der Waals surface area contributed by atoms with Crippen molar-refractivity contribution < 1.29 is 24.2 Å². The number of carbonyl (C=O) groups is 2. The van der Waals surface area contributed by atoms with Crippen molar-refractivity contribution in [2.24, 2.45) is 33.5 Å². The van der Waals surface area contributed by atoms with Crippen molar-refractivity contribution in [1.29, 1.82) is 0 Å². The van der Waals surface area contributed by atoms with Gasteiger partial charge in [-0.15, -0.1) is 0 Å². The smallest absolute Gasteiger partial charge is 0.317 e. The first-order chi connectivity index (χ1) is 19.4. The molecular weight excluding hydrogens is 516 g/mol. The van der Waals surface area contributed by atoms with Crippen molar-refractivity contribution in [3.63, 3.8) is 0 Å². The Morgan fingerprint density at radius 2 is 1.80 bits per heavy atom. The molecule has 6 aliphatic rings. The van der Waals surface area contributed by atoms with Crippen molar-refractivity contribution in [3.05, 3.63) is 48.0 Å². The van der Waals surface area contributed by atoms with Gasteiger partial charge in [0.25, 0.3) is 0 Å². The maximum atomic E-state index is 14.3. The first kappa shape index (κ1) is 28.7. The summed E-state index contributed by atoms with van der Waals surface area (Å²) >= 11 is 0. The number of ketones is 1. The second kappa shape index (κ2) is 9.57. The average molecular weight is 565 g/mol. The number of nitrogens with one attached hydrogen (secondary N) is 1. The summed E-state index contributed by atoms with van der Waals surface area (Å²) in [5.74, 6) is 0.538. The van der Waals surface area contributed by atoms with Crippen LogP contribution in [0.4, 0.5) is 4.79 Å². The Bertz CT molecular complexity index is 1270. The van der Waals surface area contributed by atoms with Gasteiger partial charge >= 0.3 is 6.03 Å². The maximum Gasteiger partial charge on any atom is 0.317 e. The summed E-state index contributed by atoms with van der Waals surface area (Å²) in [6.07, 6.45) is 14.2. The molecule has 8 atom stereocenters. The molecule has 0 saturated heterocycles. The number of aliphatic hydroxyl groups is 2. The van der Waals surface area contributed by atoms with Gasteiger partial charge in [0.1, 0.15) is 0 Å². The van der Waals surface area contributed by atoms with Crippen molar-refractivity contribution in [2.45, 2.75) is 104 Å². The van der Waals surface area contributed by atoms with Gasteiger partial charge < -0.3 is 24.8 Å². The van der Waals surface area contributed by atoms with E-state index in [0.717, 1.165) is 44.1 Å². The summed E-state index contributed by atoms with van der Waals surface area (Å²) in [4.78, 5) is 29.3. The van der Waals surface area contributed by atoms with E-state index in [1.807, 2.05) is 13.8 Å². The van der Waals surface area contributed by atoms with Crippen molar-refractivity contribution in [3.8, 4) is 0 Å². The van der Waals surface area contributed by atoms with Crippen molar-refractivity contribution >= 4 is 11.8 Å².